The second-order valence-electron chi connectivity index (χ2n) is 15.8. The zero-order valence-electron chi connectivity index (χ0n) is 33.7. The Labute approximate surface area is 333 Å². The Kier molecular flexibility index (Phi) is 18.2. The van der Waals surface area contributed by atoms with Crippen LogP contribution in [0.1, 0.15) is 115 Å². The van der Waals surface area contributed by atoms with Crippen LogP contribution in [0.2, 0.25) is 0 Å². The van der Waals surface area contributed by atoms with E-state index in [9.17, 15) is 28.8 Å². The van der Waals surface area contributed by atoms with E-state index in [0.29, 0.717) is 19.3 Å². The lowest BCUT2D eigenvalue weighted by atomic mass is 9.83. The fourth-order valence-corrected chi connectivity index (χ4v) is 7.62. The predicted molar refractivity (Wildman–Crippen MR) is 220 cm³/mol. The third-order valence-electron chi connectivity index (χ3n) is 10.9. The van der Waals surface area contributed by atoms with Gasteiger partial charge in [-0.25, -0.2) is 0 Å². The maximum atomic E-state index is 14.3. The number of ketones is 1. The first-order valence-corrected chi connectivity index (χ1v) is 20.1. The molecule has 0 heterocycles. The molecule has 11 nitrogen and oxygen atoms in total. The van der Waals surface area contributed by atoms with Crippen molar-refractivity contribution in [1.29, 1.82) is 0 Å². The molecule has 11 heteroatoms. The van der Waals surface area contributed by atoms with E-state index < -0.39 is 53.1 Å². The standard InChI is InChI=1S/C45H63N5O6/c1-7-25-45(26-8-2,40(52)41(46)53)50-43(55)37(28-32-19-13-10-14-20-32)48-44(56)39(31(6)9-3)49-42(54)36(27-30(4)5)47-38(51)29-35(33-21-15-11-16-22-33)34-23-17-12-18-24-34/h7-8,11-12,15-18,21-24,30-32,35-37,39H,1-2,9-10,13-14,19-20,25-29H2,3-6H3,(H2,46,53)(H,47,51)(H,48,56)(H,49,54)(H,50,55)/t31-,36?,37?,39?/m1/s1. The van der Waals surface area contributed by atoms with E-state index in [1.807, 2.05) is 88.4 Å². The monoisotopic (exact) mass is 769 g/mol. The van der Waals surface area contributed by atoms with E-state index in [2.05, 4.69) is 34.4 Å². The molecule has 6 N–H and O–H groups in total. The van der Waals surface area contributed by atoms with Gasteiger partial charge in [-0.1, -0.05) is 139 Å². The van der Waals surface area contributed by atoms with Gasteiger partial charge in [0, 0.05) is 12.3 Å². The van der Waals surface area contributed by atoms with Crippen LogP contribution in [0.25, 0.3) is 0 Å². The van der Waals surface area contributed by atoms with Crippen LogP contribution in [-0.2, 0) is 28.8 Å². The van der Waals surface area contributed by atoms with Crippen molar-refractivity contribution in [2.45, 2.75) is 128 Å². The van der Waals surface area contributed by atoms with Gasteiger partial charge >= 0.3 is 0 Å². The first-order chi connectivity index (χ1) is 26.7. The summed E-state index contributed by atoms with van der Waals surface area (Å²) in [5.74, 6) is -4.61. The minimum absolute atomic E-state index is 0.0408. The molecule has 5 amide bonds. The maximum absolute atomic E-state index is 14.3. The number of nitrogens with two attached hydrogens (primary N) is 1. The summed E-state index contributed by atoms with van der Waals surface area (Å²) in [5.41, 5.74) is 5.65. The molecule has 2 aromatic carbocycles. The number of hydrogen-bond acceptors (Lipinski definition) is 6. The fraction of sp³-hybridized carbons (Fsp3) is 0.511. The van der Waals surface area contributed by atoms with Gasteiger partial charge in [0.15, 0.2) is 0 Å². The first-order valence-electron chi connectivity index (χ1n) is 20.1. The van der Waals surface area contributed by atoms with Crippen LogP contribution < -0.4 is 27.0 Å². The molecule has 304 valence electrons. The summed E-state index contributed by atoms with van der Waals surface area (Å²) in [6.07, 6.45) is 8.79. The highest BCUT2D eigenvalue weighted by Gasteiger charge is 2.43. The van der Waals surface area contributed by atoms with E-state index >= 15 is 0 Å². The molecule has 3 unspecified atom stereocenters. The average molecular weight is 770 g/mol. The summed E-state index contributed by atoms with van der Waals surface area (Å²) in [7, 11) is 0. The molecule has 0 bridgehead atoms. The molecular formula is C45H63N5O6. The zero-order chi connectivity index (χ0) is 41.3. The Balaban J connectivity index is 1.87. The van der Waals surface area contributed by atoms with Gasteiger partial charge in [-0.3, -0.25) is 28.8 Å². The van der Waals surface area contributed by atoms with Gasteiger partial charge in [0.1, 0.15) is 23.7 Å². The number of Topliss-reactive ketones (excluding diaryl/α,β-unsaturated/α-hetero) is 1. The molecule has 1 aliphatic rings. The highest BCUT2D eigenvalue weighted by Crippen LogP contribution is 2.30. The first kappa shape index (κ1) is 45.3. The second kappa shape index (κ2) is 22.5. The third kappa shape index (κ3) is 13.3. The Bertz CT molecular complexity index is 1590. The van der Waals surface area contributed by atoms with Gasteiger partial charge < -0.3 is 27.0 Å². The van der Waals surface area contributed by atoms with Crippen molar-refractivity contribution in [3.8, 4) is 0 Å². The molecule has 56 heavy (non-hydrogen) atoms. The molecule has 1 aliphatic carbocycles. The number of benzene rings is 2. The lowest BCUT2D eigenvalue weighted by Gasteiger charge is -2.34. The molecule has 0 spiro atoms. The summed E-state index contributed by atoms with van der Waals surface area (Å²) in [5, 5.41) is 11.6. The van der Waals surface area contributed by atoms with Crippen molar-refractivity contribution in [2.75, 3.05) is 0 Å². The summed E-state index contributed by atoms with van der Waals surface area (Å²) >= 11 is 0. The minimum atomic E-state index is -1.71. The van der Waals surface area contributed by atoms with Crippen molar-refractivity contribution in [2.24, 2.45) is 23.5 Å². The van der Waals surface area contributed by atoms with Crippen molar-refractivity contribution < 1.29 is 28.8 Å². The van der Waals surface area contributed by atoms with Crippen molar-refractivity contribution >= 4 is 35.3 Å². The minimum Gasteiger partial charge on any atom is -0.363 e. The Hall–Kier alpha value is -5.06. The number of hydrogen-bond donors (Lipinski definition) is 5. The van der Waals surface area contributed by atoms with Crippen LogP contribution >= 0.6 is 0 Å². The Morgan fingerprint density at radius 1 is 0.768 bits per heavy atom. The third-order valence-corrected chi connectivity index (χ3v) is 10.9. The lowest BCUT2D eigenvalue weighted by molar-refractivity contribution is -0.142. The maximum Gasteiger partial charge on any atom is 0.287 e. The Morgan fingerprint density at radius 3 is 1.80 bits per heavy atom. The molecule has 4 atom stereocenters. The molecule has 2 aromatic rings. The van der Waals surface area contributed by atoms with Crippen LogP contribution in [0.4, 0.5) is 0 Å². The summed E-state index contributed by atoms with van der Waals surface area (Å²) in [4.78, 5) is 81.5. The van der Waals surface area contributed by atoms with Gasteiger partial charge in [0.05, 0.1) is 0 Å². The van der Waals surface area contributed by atoms with E-state index in [1.165, 1.54) is 12.2 Å². The fourth-order valence-electron chi connectivity index (χ4n) is 7.62. The highest BCUT2D eigenvalue weighted by molar-refractivity contribution is 6.39. The number of carbonyl (C=O) groups is 6. The summed E-state index contributed by atoms with van der Waals surface area (Å²) in [6, 6.07) is 16.5. The van der Waals surface area contributed by atoms with Crippen LogP contribution in [0.3, 0.4) is 0 Å². The van der Waals surface area contributed by atoms with Crippen LogP contribution in [-0.4, -0.2) is 59.0 Å². The molecule has 0 saturated heterocycles. The number of primary amides is 1. The molecule has 3 rings (SSSR count). The van der Waals surface area contributed by atoms with Crippen molar-refractivity contribution in [3.05, 3.63) is 97.1 Å². The largest absolute Gasteiger partial charge is 0.363 e. The smallest absolute Gasteiger partial charge is 0.287 e. The molecule has 1 fully saturated rings. The SMILES string of the molecule is C=CCC(CC=C)(NC(=O)C(CC1CCCCC1)NC(=O)C(NC(=O)C(CC(C)C)NC(=O)CC(c1ccccc1)c1ccccc1)[C@H](C)CC)C(=O)C(N)=O. The summed E-state index contributed by atoms with van der Waals surface area (Å²) in [6.45, 7) is 15.1. The van der Waals surface area contributed by atoms with Crippen molar-refractivity contribution in [1.82, 2.24) is 21.3 Å². The normalized spacial score (nSPS) is 15.5. The number of rotatable bonds is 23. The van der Waals surface area contributed by atoms with E-state index in [4.69, 9.17) is 5.73 Å². The van der Waals surface area contributed by atoms with E-state index in [0.717, 1.165) is 43.2 Å². The van der Waals surface area contributed by atoms with E-state index in [1.54, 1.807) is 0 Å². The predicted octanol–water partition coefficient (Wildman–Crippen LogP) is 5.79. The van der Waals surface area contributed by atoms with Crippen LogP contribution in [0.5, 0.6) is 0 Å². The Morgan fingerprint density at radius 2 is 1.32 bits per heavy atom. The number of nitrogens with one attached hydrogen (secondary N) is 4. The van der Waals surface area contributed by atoms with Gasteiger partial charge in [-0.05, 0) is 54.6 Å². The molecular weight excluding hydrogens is 707 g/mol. The van der Waals surface area contributed by atoms with Gasteiger partial charge in [-0.15, -0.1) is 13.2 Å². The number of amides is 5. The van der Waals surface area contributed by atoms with Crippen molar-refractivity contribution in [3.63, 3.8) is 0 Å². The van der Waals surface area contributed by atoms with Crippen LogP contribution in [0, 0.1) is 17.8 Å². The molecule has 0 aliphatic heterocycles. The van der Waals surface area contributed by atoms with Gasteiger partial charge in [0.2, 0.25) is 29.4 Å². The quantitative estimate of drug-likeness (QED) is 0.0707. The van der Waals surface area contributed by atoms with Crippen LogP contribution in [0.15, 0.2) is 86.0 Å². The second-order valence-corrected chi connectivity index (χ2v) is 15.8. The zero-order valence-corrected chi connectivity index (χ0v) is 33.7. The number of carbonyl (C=O) groups excluding carboxylic acids is 6. The van der Waals surface area contributed by atoms with Gasteiger partial charge in [0.25, 0.3) is 5.91 Å². The average Bonchev–Trinajstić information content (AvgIpc) is 3.18. The van der Waals surface area contributed by atoms with E-state index in [-0.39, 0.29) is 48.8 Å². The summed E-state index contributed by atoms with van der Waals surface area (Å²) < 4.78 is 0. The lowest BCUT2D eigenvalue weighted by Crippen LogP contribution is -2.63. The molecule has 0 aromatic heterocycles. The molecule has 0 radical (unpaired) electrons. The molecule has 1 saturated carbocycles. The topological polar surface area (TPSA) is 177 Å². The highest BCUT2D eigenvalue weighted by atomic mass is 16.2. The van der Waals surface area contributed by atoms with Gasteiger partial charge in [-0.2, -0.15) is 0 Å².